The van der Waals surface area contributed by atoms with Crippen molar-refractivity contribution in [1.29, 1.82) is 0 Å². The summed E-state index contributed by atoms with van der Waals surface area (Å²) in [6, 6.07) is 7.17. The van der Waals surface area contributed by atoms with Crippen LogP contribution in [0.25, 0.3) is 0 Å². The van der Waals surface area contributed by atoms with Crippen molar-refractivity contribution < 1.29 is 13.2 Å². The normalized spacial score (nSPS) is 20.2. The zero-order chi connectivity index (χ0) is 23.0. The lowest BCUT2D eigenvalue weighted by Crippen LogP contribution is -2.34. The number of aromatic nitrogens is 2. The van der Waals surface area contributed by atoms with E-state index in [9.17, 15) is 13.2 Å². The Morgan fingerprint density at radius 1 is 1.06 bits per heavy atom. The highest BCUT2D eigenvalue weighted by Gasteiger charge is 2.32. The third-order valence-corrected chi connectivity index (χ3v) is 8.78. The van der Waals surface area contributed by atoms with Gasteiger partial charge >= 0.3 is 0 Å². The summed E-state index contributed by atoms with van der Waals surface area (Å²) in [7, 11) is -1.74. The highest BCUT2D eigenvalue weighted by atomic mass is 32.2. The molecule has 9 nitrogen and oxygen atoms in total. The molecular formula is C23H30N6O3S. The highest BCUT2D eigenvalue weighted by Crippen LogP contribution is 2.36. The lowest BCUT2D eigenvalue weighted by atomic mass is 10.2. The second kappa shape index (κ2) is 8.90. The van der Waals surface area contributed by atoms with E-state index in [1.165, 1.54) is 17.1 Å². The van der Waals surface area contributed by atoms with Gasteiger partial charge in [0, 0.05) is 44.8 Å². The molecule has 176 valence electrons. The molecule has 1 saturated carbocycles. The first-order valence-corrected chi connectivity index (χ1v) is 13.1. The number of carbonyl (C=O) groups is 1. The molecule has 2 fully saturated rings. The Balaban J connectivity index is 1.45. The average molecular weight is 471 g/mol. The number of amides is 1. The molecule has 0 atom stereocenters. The van der Waals surface area contributed by atoms with Crippen molar-refractivity contribution in [2.45, 2.75) is 55.9 Å². The van der Waals surface area contributed by atoms with Crippen LogP contribution in [-0.2, 0) is 14.8 Å². The molecule has 0 radical (unpaired) electrons. The van der Waals surface area contributed by atoms with Crippen LogP contribution >= 0.6 is 0 Å². The molecule has 1 aromatic heterocycles. The Labute approximate surface area is 194 Å². The Morgan fingerprint density at radius 2 is 1.82 bits per heavy atom. The molecule has 3 heterocycles. The summed E-state index contributed by atoms with van der Waals surface area (Å²) >= 11 is 0. The third kappa shape index (κ3) is 4.29. The van der Waals surface area contributed by atoms with Gasteiger partial charge < -0.3 is 15.1 Å². The van der Waals surface area contributed by atoms with E-state index in [0.29, 0.717) is 49.4 Å². The summed E-state index contributed by atoms with van der Waals surface area (Å²) in [6.45, 7) is 1.77. The second-order valence-corrected chi connectivity index (χ2v) is 10.9. The topological polar surface area (TPSA) is 98.7 Å². The van der Waals surface area contributed by atoms with Crippen molar-refractivity contribution in [1.82, 2.24) is 14.3 Å². The third-order valence-electron chi connectivity index (χ3n) is 6.88. The van der Waals surface area contributed by atoms with E-state index in [0.717, 1.165) is 31.5 Å². The number of hydrogen-bond acceptors (Lipinski definition) is 7. The Hall–Kier alpha value is -2.72. The molecule has 1 saturated heterocycles. The minimum absolute atomic E-state index is 0.0564. The van der Waals surface area contributed by atoms with Crippen LogP contribution in [0, 0.1) is 0 Å². The van der Waals surface area contributed by atoms with Crippen LogP contribution in [0.3, 0.4) is 0 Å². The molecular weight excluding hydrogens is 440 g/mol. The van der Waals surface area contributed by atoms with Crippen LogP contribution in [-0.4, -0.2) is 61.3 Å². The number of nitrogens with one attached hydrogen (secondary N) is 1. The maximum Gasteiger partial charge on any atom is 0.243 e. The van der Waals surface area contributed by atoms with Gasteiger partial charge in [0.05, 0.1) is 11.1 Å². The van der Waals surface area contributed by atoms with E-state index in [2.05, 4.69) is 15.2 Å². The molecule has 1 aromatic carbocycles. The Bertz CT molecular complexity index is 1140. The molecule has 3 aliphatic rings. The van der Waals surface area contributed by atoms with Crippen molar-refractivity contribution in [3.05, 3.63) is 30.5 Å². The van der Waals surface area contributed by atoms with Crippen molar-refractivity contribution in [3.63, 3.8) is 0 Å². The fourth-order valence-electron chi connectivity index (χ4n) is 5.01. The summed E-state index contributed by atoms with van der Waals surface area (Å²) in [5, 5.41) is 3.18. The molecule has 1 amide bonds. The van der Waals surface area contributed by atoms with E-state index < -0.39 is 10.0 Å². The van der Waals surface area contributed by atoms with Gasteiger partial charge in [0.15, 0.2) is 5.82 Å². The maximum atomic E-state index is 12.9. The zero-order valence-electron chi connectivity index (χ0n) is 18.9. The molecule has 0 bridgehead atoms. The number of benzene rings is 1. The van der Waals surface area contributed by atoms with Crippen LogP contribution in [0.15, 0.2) is 35.4 Å². The second-order valence-electron chi connectivity index (χ2n) is 9.00. The predicted molar refractivity (Wildman–Crippen MR) is 127 cm³/mol. The van der Waals surface area contributed by atoms with Crippen molar-refractivity contribution in [2.75, 3.05) is 41.8 Å². The Kier molecular flexibility index (Phi) is 5.96. The number of sulfonamides is 1. The van der Waals surface area contributed by atoms with Crippen LogP contribution < -0.4 is 15.1 Å². The Morgan fingerprint density at radius 3 is 2.58 bits per heavy atom. The lowest BCUT2D eigenvalue weighted by Gasteiger charge is -2.30. The van der Waals surface area contributed by atoms with Gasteiger partial charge in [0.2, 0.25) is 21.9 Å². The van der Waals surface area contributed by atoms with Crippen LogP contribution in [0.5, 0.6) is 0 Å². The molecule has 10 heteroatoms. The minimum atomic E-state index is -3.51. The van der Waals surface area contributed by atoms with E-state index in [4.69, 9.17) is 4.98 Å². The number of anilines is 4. The number of hydrogen-bond donors (Lipinski definition) is 1. The first kappa shape index (κ1) is 22.1. The van der Waals surface area contributed by atoms with E-state index in [1.807, 2.05) is 6.07 Å². The molecule has 33 heavy (non-hydrogen) atoms. The number of rotatable bonds is 5. The monoisotopic (exact) mass is 470 g/mol. The van der Waals surface area contributed by atoms with Crippen molar-refractivity contribution in [2.24, 2.45) is 0 Å². The smallest absolute Gasteiger partial charge is 0.243 e. The van der Waals surface area contributed by atoms with Gasteiger partial charge in [-0.25, -0.2) is 13.4 Å². The molecule has 5 rings (SSSR count). The molecule has 2 aliphatic heterocycles. The van der Waals surface area contributed by atoms with Gasteiger partial charge in [-0.2, -0.15) is 9.29 Å². The fourth-order valence-corrected chi connectivity index (χ4v) is 6.57. The van der Waals surface area contributed by atoms with Crippen LogP contribution in [0.4, 0.5) is 23.1 Å². The van der Waals surface area contributed by atoms with E-state index in [1.54, 1.807) is 36.3 Å². The van der Waals surface area contributed by atoms with Crippen LogP contribution in [0.1, 0.15) is 44.9 Å². The van der Waals surface area contributed by atoms with Gasteiger partial charge in [-0.05, 0) is 43.9 Å². The lowest BCUT2D eigenvalue weighted by molar-refractivity contribution is -0.118. The standard InChI is InChI=1S/C23H30N6O3S/c1-27-20-16-24-23(26-22(20)29(14-11-21(27)30)18-8-2-3-9-18)25-17-7-6-10-19(15-17)33(31,32)28-12-4-5-13-28/h6-7,10,15-16,18H,2-5,8-9,11-14H2,1H3,(H,24,25,26). The predicted octanol–water partition coefficient (Wildman–Crippen LogP) is 3.12. The number of carbonyl (C=O) groups excluding carboxylic acids is 1. The summed E-state index contributed by atoms with van der Waals surface area (Å²) in [5.41, 5.74) is 1.32. The van der Waals surface area contributed by atoms with E-state index in [-0.39, 0.29) is 10.8 Å². The molecule has 2 aromatic rings. The summed E-state index contributed by atoms with van der Waals surface area (Å²) in [4.78, 5) is 25.9. The maximum absolute atomic E-state index is 12.9. The van der Waals surface area contributed by atoms with Gasteiger partial charge in [0.1, 0.15) is 5.69 Å². The van der Waals surface area contributed by atoms with E-state index >= 15 is 0 Å². The van der Waals surface area contributed by atoms with Gasteiger partial charge in [-0.15, -0.1) is 0 Å². The SMILES string of the molecule is CN1C(=O)CCN(C2CCCC2)c2nc(Nc3cccc(S(=O)(=O)N4CCCC4)c3)ncc21. The number of nitrogens with zero attached hydrogens (tertiary/aromatic N) is 5. The summed E-state index contributed by atoms with van der Waals surface area (Å²) in [6.07, 6.45) is 8.50. The summed E-state index contributed by atoms with van der Waals surface area (Å²) < 4.78 is 27.4. The quantitative estimate of drug-likeness (QED) is 0.717. The van der Waals surface area contributed by atoms with Crippen molar-refractivity contribution >= 4 is 39.1 Å². The van der Waals surface area contributed by atoms with Crippen LogP contribution in [0.2, 0.25) is 0 Å². The highest BCUT2D eigenvalue weighted by molar-refractivity contribution is 7.89. The summed E-state index contributed by atoms with van der Waals surface area (Å²) in [5.74, 6) is 1.20. The average Bonchev–Trinajstić information content (AvgIpc) is 3.52. The van der Waals surface area contributed by atoms with Gasteiger partial charge in [-0.1, -0.05) is 18.9 Å². The first-order chi connectivity index (χ1) is 15.9. The fraction of sp³-hybridized carbons (Fsp3) is 0.522. The number of fused-ring (bicyclic) bond motifs is 1. The molecule has 0 spiro atoms. The van der Waals surface area contributed by atoms with Crippen molar-refractivity contribution in [3.8, 4) is 0 Å². The first-order valence-electron chi connectivity index (χ1n) is 11.7. The van der Waals surface area contributed by atoms with Gasteiger partial charge in [-0.3, -0.25) is 4.79 Å². The van der Waals surface area contributed by atoms with Gasteiger partial charge in [0.25, 0.3) is 0 Å². The molecule has 0 unspecified atom stereocenters. The largest absolute Gasteiger partial charge is 0.351 e. The molecule has 1 aliphatic carbocycles. The zero-order valence-corrected chi connectivity index (χ0v) is 19.7. The molecule has 1 N–H and O–H groups in total. The minimum Gasteiger partial charge on any atom is -0.351 e.